The molecule has 2 N–H and O–H groups in total. The normalized spacial score (nSPS) is 15.3. The summed E-state index contributed by atoms with van der Waals surface area (Å²) in [6, 6.07) is 10.5. The van der Waals surface area contributed by atoms with Gasteiger partial charge >= 0.3 is 0 Å². The number of nitrogens with two attached hydrogens (primary N) is 1. The van der Waals surface area contributed by atoms with Crippen molar-refractivity contribution in [3.05, 3.63) is 35.9 Å². The summed E-state index contributed by atoms with van der Waals surface area (Å²) in [4.78, 5) is 0. The molecule has 1 rings (SSSR count). The summed E-state index contributed by atoms with van der Waals surface area (Å²) >= 11 is 0. The van der Waals surface area contributed by atoms with Gasteiger partial charge in [-0.25, -0.2) is 0 Å². The molecule has 0 radical (unpaired) electrons. The molecule has 0 saturated heterocycles. The summed E-state index contributed by atoms with van der Waals surface area (Å²) in [6.45, 7) is 6.63. The molecule has 0 fully saturated rings. The van der Waals surface area contributed by atoms with Crippen LogP contribution in [-0.4, -0.2) is 5.54 Å². The molecule has 1 nitrogen and oxygen atoms in total. The quantitative estimate of drug-likeness (QED) is 0.783. The summed E-state index contributed by atoms with van der Waals surface area (Å²) in [7, 11) is 0. The van der Waals surface area contributed by atoms with Crippen molar-refractivity contribution in [3.8, 4) is 0 Å². The molecular formula is C14H23N. The van der Waals surface area contributed by atoms with Gasteiger partial charge in [0.25, 0.3) is 0 Å². The Morgan fingerprint density at radius 3 is 2.13 bits per heavy atom. The zero-order valence-electron chi connectivity index (χ0n) is 10.2. The Morgan fingerprint density at radius 2 is 1.67 bits per heavy atom. The van der Waals surface area contributed by atoms with E-state index in [4.69, 9.17) is 5.73 Å². The Balaban J connectivity index is 2.71. The molecule has 1 aromatic carbocycles. The van der Waals surface area contributed by atoms with Gasteiger partial charge in [0.2, 0.25) is 0 Å². The molecule has 1 heteroatoms. The monoisotopic (exact) mass is 205 g/mol. The second kappa shape index (κ2) is 5.32. The van der Waals surface area contributed by atoms with Crippen LogP contribution in [0.3, 0.4) is 0 Å². The summed E-state index contributed by atoms with van der Waals surface area (Å²) in [5.74, 6) is 0.609. The standard InChI is InChI=1S/C14H23N/c1-4-13(5-2)14(3,15)11-12-9-7-6-8-10-12/h6-10,13H,4-5,11,15H2,1-3H3. The summed E-state index contributed by atoms with van der Waals surface area (Å²) < 4.78 is 0. The average Bonchev–Trinajstić information content (AvgIpc) is 2.19. The van der Waals surface area contributed by atoms with Crippen LogP contribution < -0.4 is 5.73 Å². The first kappa shape index (κ1) is 12.3. The van der Waals surface area contributed by atoms with Crippen molar-refractivity contribution in [2.45, 2.75) is 45.6 Å². The molecule has 0 aliphatic rings. The molecule has 0 aromatic heterocycles. The van der Waals surface area contributed by atoms with E-state index in [2.05, 4.69) is 51.1 Å². The molecule has 0 saturated carbocycles. The minimum Gasteiger partial charge on any atom is -0.325 e. The lowest BCUT2D eigenvalue weighted by atomic mass is 9.78. The molecule has 84 valence electrons. The Morgan fingerprint density at radius 1 is 1.13 bits per heavy atom. The minimum absolute atomic E-state index is 0.0785. The first-order chi connectivity index (χ1) is 7.10. The maximum atomic E-state index is 6.41. The average molecular weight is 205 g/mol. The summed E-state index contributed by atoms with van der Waals surface area (Å²) in [5, 5.41) is 0. The van der Waals surface area contributed by atoms with Crippen LogP contribution >= 0.6 is 0 Å². The van der Waals surface area contributed by atoms with Crippen LogP contribution in [0.4, 0.5) is 0 Å². The van der Waals surface area contributed by atoms with E-state index >= 15 is 0 Å². The number of benzene rings is 1. The molecule has 0 spiro atoms. The molecule has 1 atom stereocenters. The van der Waals surface area contributed by atoms with Gasteiger partial charge in [-0.15, -0.1) is 0 Å². The lowest BCUT2D eigenvalue weighted by Gasteiger charge is -2.33. The molecular weight excluding hydrogens is 182 g/mol. The second-order valence-corrected chi connectivity index (χ2v) is 4.68. The molecule has 0 aliphatic carbocycles. The van der Waals surface area contributed by atoms with Crippen molar-refractivity contribution < 1.29 is 0 Å². The van der Waals surface area contributed by atoms with Crippen LogP contribution in [0, 0.1) is 5.92 Å². The van der Waals surface area contributed by atoms with E-state index < -0.39 is 0 Å². The van der Waals surface area contributed by atoms with Gasteiger partial charge in [0.05, 0.1) is 0 Å². The van der Waals surface area contributed by atoms with E-state index in [0.29, 0.717) is 5.92 Å². The van der Waals surface area contributed by atoms with Crippen LogP contribution in [0.2, 0.25) is 0 Å². The number of hydrogen-bond acceptors (Lipinski definition) is 1. The van der Waals surface area contributed by atoms with E-state index in [9.17, 15) is 0 Å². The van der Waals surface area contributed by atoms with Gasteiger partial charge in [0.15, 0.2) is 0 Å². The van der Waals surface area contributed by atoms with Gasteiger partial charge in [-0.3, -0.25) is 0 Å². The largest absolute Gasteiger partial charge is 0.325 e. The van der Waals surface area contributed by atoms with Crippen molar-refractivity contribution in [3.63, 3.8) is 0 Å². The summed E-state index contributed by atoms with van der Waals surface area (Å²) in [5.41, 5.74) is 7.68. The minimum atomic E-state index is -0.0785. The highest BCUT2D eigenvalue weighted by molar-refractivity contribution is 5.17. The molecule has 1 unspecified atom stereocenters. The van der Waals surface area contributed by atoms with Crippen LogP contribution in [-0.2, 0) is 6.42 Å². The first-order valence-electron chi connectivity index (χ1n) is 5.93. The van der Waals surface area contributed by atoms with Gasteiger partial charge in [-0.05, 0) is 24.8 Å². The second-order valence-electron chi connectivity index (χ2n) is 4.68. The lowest BCUT2D eigenvalue weighted by Crippen LogP contribution is -2.45. The predicted octanol–water partition coefficient (Wildman–Crippen LogP) is 3.38. The molecule has 0 aliphatic heterocycles. The van der Waals surface area contributed by atoms with E-state index in [-0.39, 0.29) is 5.54 Å². The fraction of sp³-hybridized carbons (Fsp3) is 0.571. The molecule has 0 heterocycles. The maximum Gasteiger partial charge on any atom is 0.0194 e. The third-order valence-corrected chi connectivity index (χ3v) is 3.35. The Hall–Kier alpha value is -0.820. The first-order valence-corrected chi connectivity index (χ1v) is 5.93. The molecule has 0 bridgehead atoms. The topological polar surface area (TPSA) is 26.0 Å². The third kappa shape index (κ3) is 3.35. The Bertz CT molecular complexity index is 273. The highest BCUT2D eigenvalue weighted by Crippen LogP contribution is 2.25. The van der Waals surface area contributed by atoms with Crippen molar-refractivity contribution in [2.75, 3.05) is 0 Å². The van der Waals surface area contributed by atoms with Gasteiger partial charge in [-0.1, -0.05) is 57.0 Å². The van der Waals surface area contributed by atoms with Crippen LogP contribution in [0.15, 0.2) is 30.3 Å². The maximum absolute atomic E-state index is 6.41. The van der Waals surface area contributed by atoms with E-state index in [0.717, 1.165) is 19.3 Å². The van der Waals surface area contributed by atoms with E-state index in [1.165, 1.54) is 5.56 Å². The van der Waals surface area contributed by atoms with Gasteiger partial charge in [0, 0.05) is 5.54 Å². The molecule has 1 aromatic rings. The Kier molecular flexibility index (Phi) is 4.34. The fourth-order valence-corrected chi connectivity index (χ4v) is 2.40. The van der Waals surface area contributed by atoms with Gasteiger partial charge in [0.1, 0.15) is 0 Å². The number of rotatable bonds is 5. The van der Waals surface area contributed by atoms with Crippen molar-refractivity contribution in [1.29, 1.82) is 0 Å². The molecule has 0 amide bonds. The lowest BCUT2D eigenvalue weighted by molar-refractivity contribution is 0.275. The zero-order valence-corrected chi connectivity index (χ0v) is 10.2. The van der Waals surface area contributed by atoms with Gasteiger partial charge in [-0.2, -0.15) is 0 Å². The van der Waals surface area contributed by atoms with Crippen molar-refractivity contribution in [2.24, 2.45) is 11.7 Å². The highest BCUT2D eigenvalue weighted by Gasteiger charge is 2.27. The van der Waals surface area contributed by atoms with E-state index in [1.54, 1.807) is 0 Å². The van der Waals surface area contributed by atoms with E-state index in [1.807, 2.05) is 0 Å². The smallest absolute Gasteiger partial charge is 0.0194 e. The predicted molar refractivity (Wildman–Crippen MR) is 66.8 cm³/mol. The van der Waals surface area contributed by atoms with Crippen LogP contribution in [0.1, 0.15) is 39.2 Å². The fourth-order valence-electron chi connectivity index (χ4n) is 2.40. The highest BCUT2D eigenvalue weighted by atomic mass is 14.7. The van der Waals surface area contributed by atoms with Gasteiger partial charge < -0.3 is 5.73 Å². The molecule has 15 heavy (non-hydrogen) atoms. The SMILES string of the molecule is CCC(CC)C(C)(N)Cc1ccccc1. The summed E-state index contributed by atoms with van der Waals surface area (Å²) in [6.07, 6.45) is 3.30. The van der Waals surface area contributed by atoms with Crippen molar-refractivity contribution >= 4 is 0 Å². The van der Waals surface area contributed by atoms with Crippen LogP contribution in [0.5, 0.6) is 0 Å². The third-order valence-electron chi connectivity index (χ3n) is 3.35. The number of hydrogen-bond donors (Lipinski definition) is 1. The van der Waals surface area contributed by atoms with Crippen molar-refractivity contribution in [1.82, 2.24) is 0 Å². The zero-order chi connectivity index (χ0) is 11.3. The van der Waals surface area contributed by atoms with Crippen LogP contribution in [0.25, 0.3) is 0 Å². The Labute approximate surface area is 93.7 Å².